The molecule has 0 aliphatic carbocycles. The van der Waals surface area contributed by atoms with Crippen LogP contribution in [0.15, 0.2) is 22.7 Å². The van der Waals surface area contributed by atoms with E-state index in [-0.39, 0.29) is 5.60 Å². The number of nitrogens with one attached hydrogen (secondary N) is 1. The molecule has 4 heteroatoms. The molecule has 1 unspecified atom stereocenters. The fourth-order valence-electron chi connectivity index (χ4n) is 2.20. The number of hydrogen-bond acceptors (Lipinski definition) is 3. The average molecular weight is 328 g/mol. The molecule has 0 bridgehead atoms. The Morgan fingerprint density at radius 2 is 2.26 bits per heavy atom. The van der Waals surface area contributed by atoms with Crippen molar-refractivity contribution in [3.8, 4) is 5.75 Å². The number of fused-ring (bicyclic) bond motifs is 1. The van der Waals surface area contributed by atoms with Gasteiger partial charge in [-0.3, -0.25) is 0 Å². The molecule has 1 aliphatic rings. The van der Waals surface area contributed by atoms with E-state index in [1.54, 1.807) is 7.11 Å². The second kappa shape index (κ2) is 6.25. The minimum Gasteiger partial charge on any atom is -0.493 e. The van der Waals surface area contributed by atoms with E-state index < -0.39 is 0 Å². The maximum absolute atomic E-state index is 5.82. The van der Waals surface area contributed by atoms with Gasteiger partial charge in [0.25, 0.3) is 0 Å². The van der Waals surface area contributed by atoms with Crippen molar-refractivity contribution in [2.24, 2.45) is 0 Å². The Morgan fingerprint density at radius 3 is 3.00 bits per heavy atom. The van der Waals surface area contributed by atoms with E-state index in [9.17, 15) is 0 Å². The Morgan fingerprint density at radius 1 is 1.47 bits per heavy atom. The van der Waals surface area contributed by atoms with Crippen LogP contribution in [0.5, 0.6) is 5.75 Å². The monoisotopic (exact) mass is 327 g/mol. The van der Waals surface area contributed by atoms with Crippen LogP contribution >= 0.6 is 15.9 Å². The van der Waals surface area contributed by atoms with Crippen molar-refractivity contribution in [1.82, 2.24) is 5.32 Å². The summed E-state index contributed by atoms with van der Waals surface area (Å²) in [7, 11) is 1.75. The number of methoxy groups -OCH3 is 1. The summed E-state index contributed by atoms with van der Waals surface area (Å²) in [5, 5.41) is 3.61. The number of ether oxygens (including phenoxy) is 2. The maximum Gasteiger partial charge on any atom is 0.125 e. The molecule has 0 fully saturated rings. The summed E-state index contributed by atoms with van der Waals surface area (Å²) < 4.78 is 12.3. The first-order valence-corrected chi connectivity index (χ1v) is 7.52. The van der Waals surface area contributed by atoms with Gasteiger partial charge in [0.15, 0.2) is 0 Å². The van der Waals surface area contributed by atoms with Crippen molar-refractivity contribution in [2.75, 3.05) is 20.3 Å². The Hall–Kier alpha value is -0.580. The third-order valence-corrected chi connectivity index (χ3v) is 4.07. The highest BCUT2D eigenvalue weighted by molar-refractivity contribution is 9.10. The van der Waals surface area contributed by atoms with Gasteiger partial charge >= 0.3 is 0 Å². The molecule has 106 valence electrons. The number of rotatable bonds is 4. The normalized spacial score (nSPS) is 19.5. The first kappa shape index (κ1) is 14.8. The quantitative estimate of drug-likeness (QED) is 0.915. The molecule has 0 saturated heterocycles. The number of benzene rings is 1. The SMILES string of the molecule is COC(C)(C)CNC1CCCOc2cc(Br)ccc21. The lowest BCUT2D eigenvalue weighted by Gasteiger charge is -2.27. The van der Waals surface area contributed by atoms with E-state index in [1.165, 1.54) is 5.56 Å². The lowest BCUT2D eigenvalue weighted by molar-refractivity contribution is 0.0208. The van der Waals surface area contributed by atoms with Crippen LogP contribution in [0.1, 0.15) is 38.3 Å². The Balaban J connectivity index is 2.13. The highest BCUT2D eigenvalue weighted by Gasteiger charge is 2.23. The molecule has 1 N–H and O–H groups in total. The summed E-state index contributed by atoms with van der Waals surface area (Å²) in [5.41, 5.74) is 1.09. The Labute approximate surface area is 123 Å². The largest absolute Gasteiger partial charge is 0.493 e. The van der Waals surface area contributed by atoms with Crippen molar-refractivity contribution < 1.29 is 9.47 Å². The molecule has 1 aromatic carbocycles. The summed E-state index contributed by atoms with van der Waals surface area (Å²) in [6.45, 7) is 5.80. The van der Waals surface area contributed by atoms with E-state index >= 15 is 0 Å². The second-order valence-corrected chi connectivity index (χ2v) is 6.49. The maximum atomic E-state index is 5.82. The molecular formula is C15H22BrNO2. The summed E-state index contributed by atoms with van der Waals surface area (Å²) in [5.74, 6) is 0.986. The van der Waals surface area contributed by atoms with Crippen molar-refractivity contribution >= 4 is 15.9 Å². The second-order valence-electron chi connectivity index (χ2n) is 5.57. The average Bonchev–Trinajstić information content (AvgIpc) is 2.58. The standard InChI is InChI=1S/C15H22BrNO2/c1-15(2,18-3)10-17-13-5-4-8-19-14-9-11(16)6-7-12(13)14/h6-7,9,13,17H,4-5,8,10H2,1-3H3. The number of hydrogen-bond donors (Lipinski definition) is 1. The topological polar surface area (TPSA) is 30.5 Å². The Kier molecular flexibility index (Phi) is 4.87. The molecule has 0 radical (unpaired) electrons. The predicted octanol–water partition coefficient (Wildman–Crippen LogP) is 3.68. The fraction of sp³-hybridized carbons (Fsp3) is 0.600. The van der Waals surface area contributed by atoms with E-state index in [4.69, 9.17) is 9.47 Å². The lowest BCUT2D eigenvalue weighted by Crippen LogP contribution is -2.38. The molecule has 2 rings (SSSR count). The van der Waals surface area contributed by atoms with Gasteiger partial charge in [0, 0.05) is 29.7 Å². The third kappa shape index (κ3) is 3.94. The van der Waals surface area contributed by atoms with Gasteiger partial charge in [-0.25, -0.2) is 0 Å². The highest BCUT2D eigenvalue weighted by atomic mass is 79.9. The summed E-state index contributed by atoms with van der Waals surface area (Å²) >= 11 is 3.50. The van der Waals surface area contributed by atoms with E-state index in [0.29, 0.717) is 6.04 Å². The summed E-state index contributed by atoms with van der Waals surface area (Å²) in [6.07, 6.45) is 2.16. The van der Waals surface area contributed by atoms with E-state index in [1.807, 2.05) is 0 Å². The van der Waals surface area contributed by atoms with E-state index in [0.717, 1.165) is 36.2 Å². The lowest BCUT2D eigenvalue weighted by atomic mass is 10.0. The highest BCUT2D eigenvalue weighted by Crippen LogP contribution is 2.33. The first-order valence-electron chi connectivity index (χ1n) is 6.72. The zero-order valence-corrected chi connectivity index (χ0v) is 13.4. The summed E-state index contributed by atoms with van der Waals surface area (Å²) in [6, 6.07) is 6.60. The van der Waals surface area contributed by atoms with Crippen LogP contribution in [0.25, 0.3) is 0 Å². The van der Waals surface area contributed by atoms with Gasteiger partial charge in [0.2, 0.25) is 0 Å². The minimum absolute atomic E-state index is 0.150. The Bertz CT molecular complexity index is 434. The molecule has 1 heterocycles. The fourth-order valence-corrected chi connectivity index (χ4v) is 2.54. The van der Waals surface area contributed by atoms with Gasteiger partial charge in [-0.1, -0.05) is 22.0 Å². The molecule has 0 saturated carbocycles. The van der Waals surface area contributed by atoms with E-state index in [2.05, 4.69) is 53.3 Å². The van der Waals surface area contributed by atoms with Crippen molar-refractivity contribution in [3.05, 3.63) is 28.2 Å². The van der Waals surface area contributed by atoms with Gasteiger partial charge in [-0.05, 0) is 38.8 Å². The zero-order valence-electron chi connectivity index (χ0n) is 11.8. The molecule has 0 spiro atoms. The van der Waals surface area contributed by atoms with Crippen LogP contribution in [0.2, 0.25) is 0 Å². The van der Waals surface area contributed by atoms with Gasteiger partial charge in [0.1, 0.15) is 5.75 Å². The zero-order chi connectivity index (χ0) is 13.9. The molecule has 0 amide bonds. The van der Waals surface area contributed by atoms with Gasteiger partial charge in [-0.2, -0.15) is 0 Å². The van der Waals surface area contributed by atoms with Crippen LogP contribution < -0.4 is 10.1 Å². The van der Waals surface area contributed by atoms with Gasteiger partial charge in [-0.15, -0.1) is 0 Å². The molecule has 1 aromatic rings. The van der Waals surface area contributed by atoms with Crippen molar-refractivity contribution in [2.45, 2.75) is 38.3 Å². The van der Waals surface area contributed by atoms with Crippen LogP contribution in [-0.4, -0.2) is 25.9 Å². The van der Waals surface area contributed by atoms with Crippen LogP contribution in [0.4, 0.5) is 0 Å². The van der Waals surface area contributed by atoms with Crippen LogP contribution in [0.3, 0.4) is 0 Å². The smallest absolute Gasteiger partial charge is 0.125 e. The molecular weight excluding hydrogens is 306 g/mol. The third-order valence-electron chi connectivity index (χ3n) is 3.57. The van der Waals surface area contributed by atoms with Crippen LogP contribution in [-0.2, 0) is 4.74 Å². The molecule has 3 nitrogen and oxygen atoms in total. The molecule has 1 aliphatic heterocycles. The van der Waals surface area contributed by atoms with Crippen LogP contribution in [0, 0.1) is 0 Å². The van der Waals surface area contributed by atoms with Crippen molar-refractivity contribution in [3.63, 3.8) is 0 Å². The first-order chi connectivity index (χ1) is 9.02. The molecule has 1 atom stereocenters. The van der Waals surface area contributed by atoms with Crippen molar-refractivity contribution in [1.29, 1.82) is 0 Å². The molecule has 19 heavy (non-hydrogen) atoms. The molecule has 0 aromatic heterocycles. The summed E-state index contributed by atoms with van der Waals surface area (Å²) in [4.78, 5) is 0. The predicted molar refractivity (Wildman–Crippen MR) is 80.7 cm³/mol. The van der Waals surface area contributed by atoms with Gasteiger partial charge < -0.3 is 14.8 Å². The number of halogens is 1. The minimum atomic E-state index is -0.150. The van der Waals surface area contributed by atoms with Gasteiger partial charge in [0.05, 0.1) is 12.2 Å².